The molecule has 3 N–H and O–H groups in total. The maximum absolute atomic E-state index is 11.6. The van der Waals surface area contributed by atoms with E-state index in [1.54, 1.807) is 0 Å². The van der Waals surface area contributed by atoms with Crippen LogP contribution in [0.1, 0.15) is 39.5 Å². The summed E-state index contributed by atoms with van der Waals surface area (Å²) in [6.45, 7) is 4.86. The zero-order valence-electron chi connectivity index (χ0n) is 12.9. The SMILES string of the molecule is CCC(C)CCCOC(=O)Nc1cnc(OCCC(O)O)s1. The van der Waals surface area contributed by atoms with Gasteiger partial charge in [-0.05, 0) is 18.8 Å². The third-order valence-electron chi connectivity index (χ3n) is 3.08. The Bertz CT molecular complexity index is 439. The summed E-state index contributed by atoms with van der Waals surface area (Å²) in [5, 5.41) is 20.8. The molecular weight excluding hydrogens is 308 g/mol. The van der Waals surface area contributed by atoms with E-state index in [1.807, 2.05) is 0 Å². The molecule has 1 amide bonds. The zero-order chi connectivity index (χ0) is 16.4. The van der Waals surface area contributed by atoms with E-state index in [0.29, 0.717) is 22.7 Å². The molecule has 1 aromatic heterocycles. The summed E-state index contributed by atoms with van der Waals surface area (Å²) in [4.78, 5) is 15.5. The average molecular weight is 332 g/mol. The van der Waals surface area contributed by atoms with Gasteiger partial charge < -0.3 is 19.7 Å². The van der Waals surface area contributed by atoms with E-state index >= 15 is 0 Å². The Balaban J connectivity index is 2.20. The van der Waals surface area contributed by atoms with Gasteiger partial charge in [0, 0.05) is 6.42 Å². The summed E-state index contributed by atoms with van der Waals surface area (Å²) in [5.41, 5.74) is 0. The number of anilines is 1. The number of ether oxygens (including phenoxy) is 2. The molecule has 0 radical (unpaired) electrons. The number of aliphatic hydroxyl groups excluding tert-OH is 1. The quantitative estimate of drug-likeness (QED) is 0.450. The molecule has 0 bridgehead atoms. The van der Waals surface area contributed by atoms with Crippen LogP contribution in [0.3, 0.4) is 0 Å². The Hall–Kier alpha value is -1.38. The number of carbonyl (C=O) groups excluding carboxylic acids is 1. The highest BCUT2D eigenvalue weighted by Gasteiger charge is 2.09. The standard InChI is InChI=1S/C14H24N2O5S/c1-3-10(2)5-4-7-20-13(19)16-11-9-15-14(22-11)21-8-6-12(17)18/h9-10,12,17-18H,3-8H2,1-2H3,(H,16,19). The third-order valence-corrected chi connectivity index (χ3v) is 3.91. The summed E-state index contributed by atoms with van der Waals surface area (Å²) in [6.07, 6.45) is 2.68. The fourth-order valence-corrected chi connectivity index (χ4v) is 2.25. The molecule has 1 aromatic rings. The lowest BCUT2D eigenvalue weighted by molar-refractivity contribution is -0.0519. The van der Waals surface area contributed by atoms with Gasteiger partial charge in [0.15, 0.2) is 6.29 Å². The van der Waals surface area contributed by atoms with Crippen molar-refractivity contribution in [2.45, 2.75) is 45.8 Å². The van der Waals surface area contributed by atoms with Crippen molar-refractivity contribution in [2.24, 2.45) is 5.92 Å². The molecular formula is C14H24N2O5S. The van der Waals surface area contributed by atoms with Crippen molar-refractivity contribution < 1.29 is 24.5 Å². The second-order valence-corrected chi connectivity index (χ2v) is 6.02. The minimum atomic E-state index is -1.40. The molecule has 8 heteroatoms. The van der Waals surface area contributed by atoms with Crippen molar-refractivity contribution in [1.82, 2.24) is 4.98 Å². The Morgan fingerprint density at radius 1 is 1.41 bits per heavy atom. The Kier molecular flexibility index (Phi) is 8.79. The van der Waals surface area contributed by atoms with Gasteiger partial charge in [-0.15, -0.1) is 0 Å². The largest absolute Gasteiger partial charge is 0.470 e. The summed E-state index contributed by atoms with van der Waals surface area (Å²) < 4.78 is 10.3. The Morgan fingerprint density at radius 3 is 2.86 bits per heavy atom. The fraction of sp³-hybridized carbons (Fsp3) is 0.714. The predicted molar refractivity (Wildman–Crippen MR) is 84.1 cm³/mol. The molecule has 1 heterocycles. The van der Waals surface area contributed by atoms with Gasteiger partial charge in [0.05, 0.1) is 19.4 Å². The first-order valence-corrected chi connectivity index (χ1v) is 8.21. The van der Waals surface area contributed by atoms with Crippen LogP contribution in [0.15, 0.2) is 6.20 Å². The Labute approximate surface area is 134 Å². The zero-order valence-corrected chi connectivity index (χ0v) is 13.8. The second kappa shape index (κ2) is 10.4. The van der Waals surface area contributed by atoms with Gasteiger partial charge in [-0.25, -0.2) is 9.78 Å². The maximum atomic E-state index is 11.6. The molecule has 1 atom stereocenters. The molecule has 22 heavy (non-hydrogen) atoms. The molecule has 126 valence electrons. The highest BCUT2D eigenvalue weighted by molar-refractivity contribution is 7.17. The van der Waals surface area contributed by atoms with Crippen LogP contribution in [0, 0.1) is 5.92 Å². The van der Waals surface area contributed by atoms with E-state index in [0.717, 1.165) is 30.6 Å². The topological polar surface area (TPSA) is 101 Å². The Morgan fingerprint density at radius 2 is 2.18 bits per heavy atom. The van der Waals surface area contributed by atoms with E-state index in [9.17, 15) is 4.79 Å². The second-order valence-electron chi connectivity index (χ2n) is 5.02. The summed E-state index contributed by atoms with van der Waals surface area (Å²) >= 11 is 1.15. The first kappa shape index (κ1) is 18.7. The molecule has 0 fully saturated rings. The molecule has 0 saturated carbocycles. The van der Waals surface area contributed by atoms with E-state index in [2.05, 4.69) is 24.1 Å². The number of hydrogen-bond acceptors (Lipinski definition) is 7. The summed E-state index contributed by atoms with van der Waals surface area (Å²) in [7, 11) is 0. The minimum Gasteiger partial charge on any atom is -0.470 e. The maximum Gasteiger partial charge on any atom is 0.412 e. The average Bonchev–Trinajstić information content (AvgIpc) is 2.90. The number of thiazole rings is 1. The smallest absolute Gasteiger partial charge is 0.412 e. The van der Waals surface area contributed by atoms with Gasteiger partial charge >= 0.3 is 6.09 Å². The molecule has 0 spiro atoms. The number of aliphatic hydroxyl groups is 2. The number of aromatic nitrogens is 1. The van der Waals surface area contributed by atoms with Crippen molar-refractivity contribution in [3.05, 3.63) is 6.20 Å². The van der Waals surface area contributed by atoms with Crippen LogP contribution in [0.25, 0.3) is 0 Å². The first-order valence-electron chi connectivity index (χ1n) is 7.39. The van der Waals surface area contributed by atoms with Crippen molar-refractivity contribution in [3.8, 4) is 5.19 Å². The van der Waals surface area contributed by atoms with Crippen LogP contribution < -0.4 is 10.1 Å². The number of carbonyl (C=O) groups is 1. The monoisotopic (exact) mass is 332 g/mol. The number of amides is 1. The van der Waals surface area contributed by atoms with Gasteiger partial charge in [0.25, 0.3) is 5.19 Å². The van der Waals surface area contributed by atoms with E-state index < -0.39 is 12.4 Å². The highest BCUT2D eigenvalue weighted by Crippen LogP contribution is 2.25. The summed E-state index contributed by atoms with van der Waals surface area (Å²) in [5.74, 6) is 0.644. The van der Waals surface area contributed by atoms with Crippen LogP contribution >= 0.6 is 11.3 Å². The lowest BCUT2D eigenvalue weighted by Gasteiger charge is -2.08. The van der Waals surface area contributed by atoms with Gasteiger partial charge in [0.2, 0.25) is 0 Å². The van der Waals surface area contributed by atoms with Crippen molar-refractivity contribution >= 4 is 22.4 Å². The van der Waals surface area contributed by atoms with Gasteiger partial charge in [-0.3, -0.25) is 5.32 Å². The first-order chi connectivity index (χ1) is 10.5. The van der Waals surface area contributed by atoms with Crippen LogP contribution in [-0.2, 0) is 4.74 Å². The van der Waals surface area contributed by atoms with E-state index in [4.69, 9.17) is 19.7 Å². The summed E-state index contributed by atoms with van der Waals surface area (Å²) in [6, 6.07) is 0. The highest BCUT2D eigenvalue weighted by atomic mass is 32.1. The van der Waals surface area contributed by atoms with Gasteiger partial charge in [-0.2, -0.15) is 0 Å². The third kappa shape index (κ3) is 8.16. The molecule has 0 aromatic carbocycles. The number of hydrogen-bond donors (Lipinski definition) is 3. The molecule has 1 unspecified atom stereocenters. The lowest BCUT2D eigenvalue weighted by atomic mass is 10.0. The molecule has 7 nitrogen and oxygen atoms in total. The van der Waals surface area contributed by atoms with Crippen molar-refractivity contribution in [3.63, 3.8) is 0 Å². The normalized spacial score (nSPS) is 12.2. The molecule has 0 aliphatic carbocycles. The lowest BCUT2D eigenvalue weighted by Crippen LogP contribution is -2.13. The molecule has 1 rings (SSSR count). The fourth-order valence-electron chi connectivity index (χ4n) is 1.57. The molecule has 0 aliphatic heterocycles. The van der Waals surface area contributed by atoms with E-state index in [-0.39, 0.29) is 13.0 Å². The minimum absolute atomic E-state index is 0.0978. The van der Waals surface area contributed by atoms with Crippen molar-refractivity contribution in [2.75, 3.05) is 18.5 Å². The predicted octanol–water partition coefficient (Wildman–Crippen LogP) is 2.60. The van der Waals surface area contributed by atoms with Crippen LogP contribution in [0.4, 0.5) is 9.80 Å². The number of rotatable bonds is 10. The van der Waals surface area contributed by atoms with Crippen molar-refractivity contribution in [1.29, 1.82) is 0 Å². The van der Waals surface area contributed by atoms with E-state index in [1.165, 1.54) is 6.20 Å². The van der Waals surface area contributed by atoms with Crippen LogP contribution in [0.5, 0.6) is 5.19 Å². The number of nitrogens with one attached hydrogen (secondary N) is 1. The van der Waals surface area contributed by atoms with Gasteiger partial charge in [-0.1, -0.05) is 31.6 Å². The number of nitrogens with zero attached hydrogens (tertiary/aromatic N) is 1. The van der Waals surface area contributed by atoms with Gasteiger partial charge in [0.1, 0.15) is 5.00 Å². The molecule has 0 saturated heterocycles. The molecule has 0 aliphatic rings. The van der Waals surface area contributed by atoms with Crippen LogP contribution in [-0.4, -0.2) is 40.8 Å². The van der Waals surface area contributed by atoms with Crippen LogP contribution in [0.2, 0.25) is 0 Å².